The first kappa shape index (κ1) is 32.6. The predicted molar refractivity (Wildman–Crippen MR) is 175 cm³/mol. The van der Waals surface area contributed by atoms with Crippen LogP contribution in [0.3, 0.4) is 0 Å². The lowest BCUT2D eigenvalue weighted by atomic mass is 9.80. The van der Waals surface area contributed by atoms with Gasteiger partial charge in [-0.15, -0.1) is 0 Å². The van der Waals surface area contributed by atoms with Gasteiger partial charge in [0.1, 0.15) is 23.3 Å². The van der Waals surface area contributed by atoms with E-state index in [1.54, 1.807) is 47.2 Å². The maximum Gasteiger partial charge on any atom is 0.263 e. The number of alkyl halides is 1. The van der Waals surface area contributed by atoms with E-state index in [0.29, 0.717) is 34.9 Å². The molecule has 11 nitrogen and oxygen atoms in total. The van der Waals surface area contributed by atoms with E-state index in [0.717, 1.165) is 37.7 Å². The number of likely N-dealkylation sites (tertiary alicyclic amines) is 1. The van der Waals surface area contributed by atoms with Crippen LogP contribution in [0.15, 0.2) is 47.4 Å². The first-order chi connectivity index (χ1) is 22.6. The number of pyridine rings is 2. The van der Waals surface area contributed by atoms with Crippen LogP contribution in [0, 0.1) is 5.92 Å². The minimum Gasteiger partial charge on any atom is -0.497 e. The molecule has 2 saturated carbocycles. The van der Waals surface area contributed by atoms with Crippen LogP contribution in [0.1, 0.15) is 78.3 Å². The van der Waals surface area contributed by atoms with Gasteiger partial charge in [-0.2, -0.15) is 4.98 Å². The van der Waals surface area contributed by atoms with Crippen molar-refractivity contribution in [2.24, 2.45) is 5.92 Å². The normalized spacial score (nSPS) is 17.2. The lowest BCUT2D eigenvalue weighted by Gasteiger charge is -2.34. The standard InChI is InChI=1S/C35H42FN5O6/c1-20(2)47-32-13-23(27-10-9-26(46-3)14-28(27)34(44)40-17-24(36)18-40)12-31(38-32)39-33(43)29-11-21(16-41(35(29)45)25-7-8-25)15-37-30(19-42)22-5-4-6-22/h9-14,16,20,22,24-25,30,37,42H,4-8,15,17-19H2,1-3H3,(H,38,39,43)/t30-/m0/s1. The number of ether oxygens (including phenoxy) is 2. The molecule has 2 aromatic heterocycles. The Hall–Kier alpha value is -4.29. The minimum absolute atomic E-state index is 0.0159. The molecule has 3 aliphatic rings. The number of aliphatic hydroxyl groups is 1. The van der Waals surface area contributed by atoms with E-state index in [4.69, 9.17) is 9.47 Å². The molecule has 6 rings (SSSR count). The zero-order valence-corrected chi connectivity index (χ0v) is 27.0. The van der Waals surface area contributed by atoms with Gasteiger partial charge in [-0.1, -0.05) is 6.42 Å². The summed E-state index contributed by atoms with van der Waals surface area (Å²) in [5, 5.41) is 16.1. The quantitative estimate of drug-likeness (QED) is 0.250. The van der Waals surface area contributed by atoms with Crippen molar-refractivity contribution in [3.63, 3.8) is 0 Å². The van der Waals surface area contributed by atoms with Gasteiger partial charge in [0.2, 0.25) is 5.88 Å². The van der Waals surface area contributed by atoms with E-state index in [9.17, 15) is 23.9 Å². The molecule has 2 amide bonds. The molecule has 47 heavy (non-hydrogen) atoms. The number of hydrogen-bond donors (Lipinski definition) is 3. The maximum absolute atomic E-state index is 13.8. The van der Waals surface area contributed by atoms with Crippen LogP contribution in [0.5, 0.6) is 11.6 Å². The van der Waals surface area contributed by atoms with Gasteiger partial charge in [-0.25, -0.2) is 4.39 Å². The Labute approximate surface area is 273 Å². The number of benzene rings is 1. The Bertz CT molecular complexity index is 1700. The highest BCUT2D eigenvalue weighted by Crippen LogP contribution is 2.35. The van der Waals surface area contributed by atoms with E-state index in [-0.39, 0.29) is 66.6 Å². The highest BCUT2D eigenvalue weighted by atomic mass is 19.1. The fraction of sp³-hybridized carbons (Fsp3) is 0.486. The average molecular weight is 648 g/mol. The number of aromatic nitrogens is 2. The van der Waals surface area contributed by atoms with Gasteiger partial charge in [-0.3, -0.25) is 14.4 Å². The van der Waals surface area contributed by atoms with Crippen molar-refractivity contribution in [2.45, 2.75) is 76.9 Å². The van der Waals surface area contributed by atoms with Crippen LogP contribution in [0.4, 0.5) is 10.2 Å². The number of anilines is 1. The summed E-state index contributed by atoms with van der Waals surface area (Å²) in [6.45, 7) is 4.16. The smallest absolute Gasteiger partial charge is 0.263 e. The maximum atomic E-state index is 13.8. The summed E-state index contributed by atoms with van der Waals surface area (Å²) in [4.78, 5) is 46.6. The number of carbonyl (C=O) groups excluding carboxylic acids is 2. The molecule has 1 saturated heterocycles. The fourth-order valence-corrected chi connectivity index (χ4v) is 6.07. The number of aliphatic hydroxyl groups excluding tert-OH is 1. The number of nitrogens with zero attached hydrogens (tertiary/aromatic N) is 3. The monoisotopic (exact) mass is 647 g/mol. The van der Waals surface area contributed by atoms with Gasteiger partial charge in [0.15, 0.2) is 0 Å². The molecule has 0 radical (unpaired) electrons. The van der Waals surface area contributed by atoms with E-state index in [1.807, 2.05) is 13.8 Å². The topological polar surface area (TPSA) is 135 Å². The third-order valence-electron chi connectivity index (χ3n) is 9.06. The molecule has 1 aliphatic heterocycles. The molecule has 250 valence electrons. The van der Waals surface area contributed by atoms with Crippen molar-refractivity contribution in [1.82, 2.24) is 19.8 Å². The molecule has 0 spiro atoms. The summed E-state index contributed by atoms with van der Waals surface area (Å²) < 4.78 is 26.6. The number of nitrogens with one attached hydrogen (secondary N) is 2. The zero-order valence-electron chi connectivity index (χ0n) is 27.0. The van der Waals surface area contributed by atoms with Crippen LogP contribution in [0.2, 0.25) is 0 Å². The second-order valence-corrected chi connectivity index (χ2v) is 13.0. The molecule has 3 heterocycles. The van der Waals surface area contributed by atoms with Crippen molar-refractivity contribution in [3.8, 4) is 22.8 Å². The summed E-state index contributed by atoms with van der Waals surface area (Å²) in [6.07, 6.45) is 5.55. The summed E-state index contributed by atoms with van der Waals surface area (Å²) in [6, 6.07) is 9.95. The van der Waals surface area contributed by atoms with Crippen LogP contribution in [0.25, 0.3) is 11.1 Å². The Balaban J connectivity index is 1.32. The molecule has 3 aromatic rings. The molecule has 0 bridgehead atoms. The second-order valence-electron chi connectivity index (χ2n) is 13.0. The Kier molecular flexibility index (Phi) is 9.60. The van der Waals surface area contributed by atoms with Crippen LogP contribution in [-0.4, -0.2) is 76.5 Å². The molecule has 0 unspecified atom stereocenters. The van der Waals surface area contributed by atoms with Gasteiger partial charge in [0.25, 0.3) is 17.4 Å². The Morgan fingerprint density at radius 1 is 1.09 bits per heavy atom. The summed E-state index contributed by atoms with van der Waals surface area (Å²) in [7, 11) is 1.50. The Morgan fingerprint density at radius 2 is 1.85 bits per heavy atom. The third-order valence-corrected chi connectivity index (χ3v) is 9.06. The molecule has 2 aliphatic carbocycles. The first-order valence-corrected chi connectivity index (χ1v) is 16.3. The van der Waals surface area contributed by atoms with Gasteiger partial charge < -0.3 is 34.7 Å². The minimum atomic E-state index is -1.06. The van der Waals surface area contributed by atoms with Crippen LogP contribution in [-0.2, 0) is 6.54 Å². The lowest BCUT2D eigenvalue weighted by Crippen LogP contribution is -2.51. The van der Waals surface area contributed by atoms with Gasteiger partial charge in [-0.05, 0) is 92.5 Å². The number of methoxy groups -OCH3 is 1. The third kappa shape index (κ3) is 7.33. The predicted octanol–water partition coefficient (Wildman–Crippen LogP) is 4.34. The SMILES string of the molecule is COc1ccc(-c2cc(NC(=O)c3cc(CN[C@@H](CO)C4CCC4)cn(C4CC4)c3=O)nc(OC(C)C)c2)c(C(=O)N2CC(F)C2)c1. The van der Waals surface area contributed by atoms with E-state index >= 15 is 0 Å². The molecule has 1 aromatic carbocycles. The molecule has 3 N–H and O–H groups in total. The largest absolute Gasteiger partial charge is 0.497 e. The van der Waals surface area contributed by atoms with Crippen molar-refractivity contribution < 1.29 is 28.6 Å². The first-order valence-electron chi connectivity index (χ1n) is 16.3. The number of halogens is 1. The van der Waals surface area contributed by atoms with Crippen LogP contribution >= 0.6 is 0 Å². The molecular weight excluding hydrogens is 605 g/mol. The summed E-state index contributed by atoms with van der Waals surface area (Å²) in [5.74, 6) is 0.282. The summed E-state index contributed by atoms with van der Waals surface area (Å²) in [5.41, 5.74) is 1.74. The summed E-state index contributed by atoms with van der Waals surface area (Å²) >= 11 is 0. The van der Waals surface area contributed by atoms with Crippen LogP contribution < -0.4 is 25.7 Å². The fourth-order valence-electron chi connectivity index (χ4n) is 6.07. The second kappa shape index (κ2) is 13.8. The Morgan fingerprint density at radius 3 is 2.47 bits per heavy atom. The van der Waals surface area contributed by atoms with Crippen molar-refractivity contribution in [3.05, 3.63) is 69.6 Å². The van der Waals surface area contributed by atoms with Crippen molar-refractivity contribution in [1.29, 1.82) is 0 Å². The number of hydrogen-bond acceptors (Lipinski definition) is 8. The van der Waals surface area contributed by atoms with E-state index < -0.39 is 12.1 Å². The van der Waals surface area contributed by atoms with Gasteiger partial charge in [0.05, 0.1) is 38.5 Å². The molecule has 1 atom stereocenters. The number of rotatable bonds is 13. The highest BCUT2D eigenvalue weighted by Gasteiger charge is 2.33. The van der Waals surface area contributed by atoms with Gasteiger partial charge in [0, 0.05) is 30.9 Å². The highest BCUT2D eigenvalue weighted by molar-refractivity contribution is 6.05. The average Bonchev–Trinajstić information content (AvgIpc) is 3.85. The van der Waals surface area contributed by atoms with Crippen molar-refractivity contribution >= 4 is 17.6 Å². The van der Waals surface area contributed by atoms with Gasteiger partial charge >= 0.3 is 0 Å². The molecule has 3 fully saturated rings. The zero-order chi connectivity index (χ0) is 33.2. The lowest BCUT2D eigenvalue weighted by molar-refractivity contribution is 0.0400. The number of amides is 2. The van der Waals surface area contributed by atoms with E-state index in [2.05, 4.69) is 15.6 Å². The molecule has 12 heteroatoms. The van der Waals surface area contributed by atoms with E-state index in [1.165, 1.54) is 12.0 Å². The molecular formula is C35H42FN5O6. The number of carbonyl (C=O) groups is 2. The van der Waals surface area contributed by atoms with Crippen molar-refractivity contribution in [2.75, 3.05) is 32.1 Å².